The second-order valence-electron chi connectivity index (χ2n) is 3.84. The summed E-state index contributed by atoms with van der Waals surface area (Å²) in [5.41, 5.74) is 0.655. The maximum Gasteiger partial charge on any atom is 0.270 e. The van der Waals surface area contributed by atoms with Crippen LogP contribution in [0.5, 0.6) is 0 Å². The quantitative estimate of drug-likeness (QED) is 0.617. The van der Waals surface area contributed by atoms with Crippen molar-refractivity contribution in [3.8, 4) is 11.1 Å². The minimum Gasteiger partial charge on any atom is -0.258 e. The molecule has 0 aliphatic carbocycles. The van der Waals surface area contributed by atoms with Crippen LogP contribution in [0.2, 0.25) is 10.0 Å². The molecule has 0 atom stereocenters. The number of benzene rings is 2. The molecular weight excluding hydrogens is 307 g/mol. The molecule has 0 aliphatic heterocycles. The molecular formula is C12H6Cl2N2O4. The van der Waals surface area contributed by atoms with Gasteiger partial charge in [0.1, 0.15) is 0 Å². The first kappa shape index (κ1) is 14.2. The Bertz CT molecular complexity index is 657. The van der Waals surface area contributed by atoms with E-state index in [1.54, 1.807) is 0 Å². The summed E-state index contributed by atoms with van der Waals surface area (Å²) in [5, 5.41) is 21.6. The Balaban J connectivity index is 2.52. The zero-order chi connectivity index (χ0) is 14.9. The lowest BCUT2D eigenvalue weighted by Crippen LogP contribution is -1.91. The Morgan fingerprint density at radius 1 is 0.750 bits per heavy atom. The zero-order valence-corrected chi connectivity index (χ0v) is 11.3. The molecule has 0 spiro atoms. The van der Waals surface area contributed by atoms with Gasteiger partial charge in [-0.25, -0.2) is 0 Å². The minimum absolute atomic E-state index is 0.142. The third kappa shape index (κ3) is 2.71. The SMILES string of the molecule is O=[N+]([O-])c1ccc(-c2ccc([N+](=O)[O-])cc2Cl)c(Cl)c1. The summed E-state index contributed by atoms with van der Waals surface area (Å²) in [6.07, 6.45) is 0. The van der Waals surface area contributed by atoms with Crippen LogP contribution in [0.15, 0.2) is 36.4 Å². The average Bonchev–Trinajstić information content (AvgIpc) is 2.38. The summed E-state index contributed by atoms with van der Waals surface area (Å²) >= 11 is 12.0. The van der Waals surface area contributed by atoms with E-state index in [2.05, 4.69) is 0 Å². The van der Waals surface area contributed by atoms with Gasteiger partial charge in [0.05, 0.1) is 19.9 Å². The predicted octanol–water partition coefficient (Wildman–Crippen LogP) is 4.48. The van der Waals surface area contributed by atoms with E-state index in [0.29, 0.717) is 11.1 Å². The van der Waals surface area contributed by atoms with Crippen LogP contribution in [0.3, 0.4) is 0 Å². The Morgan fingerprint density at radius 2 is 1.10 bits per heavy atom. The molecule has 6 nitrogen and oxygen atoms in total. The molecule has 2 aromatic carbocycles. The van der Waals surface area contributed by atoms with Gasteiger partial charge in [0.25, 0.3) is 11.4 Å². The molecule has 0 aliphatic rings. The van der Waals surface area contributed by atoms with E-state index in [9.17, 15) is 20.2 Å². The summed E-state index contributed by atoms with van der Waals surface area (Å²) in [4.78, 5) is 20.1. The topological polar surface area (TPSA) is 86.3 Å². The maximum atomic E-state index is 10.6. The summed E-state index contributed by atoms with van der Waals surface area (Å²) < 4.78 is 0. The van der Waals surface area contributed by atoms with Gasteiger partial charge >= 0.3 is 0 Å². The van der Waals surface area contributed by atoms with Crippen molar-refractivity contribution in [1.82, 2.24) is 0 Å². The van der Waals surface area contributed by atoms with Gasteiger partial charge in [-0.1, -0.05) is 23.2 Å². The first-order valence-electron chi connectivity index (χ1n) is 5.28. The van der Waals surface area contributed by atoms with E-state index in [0.717, 1.165) is 0 Å². The number of non-ortho nitro benzene ring substituents is 2. The normalized spacial score (nSPS) is 10.3. The van der Waals surface area contributed by atoms with Crippen LogP contribution in [-0.4, -0.2) is 9.85 Å². The number of nitrogens with zero attached hydrogens (tertiary/aromatic N) is 2. The fraction of sp³-hybridized carbons (Fsp3) is 0. The van der Waals surface area contributed by atoms with Gasteiger partial charge in [-0.05, 0) is 12.1 Å². The third-order valence-electron chi connectivity index (χ3n) is 2.62. The highest BCUT2D eigenvalue weighted by Crippen LogP contribution is 2.36. The number of hydrogen-bond acceptors (Lipinski definition) is 4. The van der Waals surface area contributed by atoms with Crippen molar-refractivity contribution >= 4 is 34.6 Å². The van der Waals surface area contributed by atoms with Gasteiger partial charge in [0.2, 0.25) is 0 Å². The second-order valence-corrected chi connectivity index (χ2v) is 4.66. The smallest absolute Gasteiger partial charge is 0.258 e. The Kier molecular flexibility index (Phi) is 3.87. The average molecular weight is 313 g/mol. The largest absolute Gasteiger partial charge is 0.270 e. The molecule has 0 unspecified atom stereocenters. The molecule has 20 heavy (non-hydrogen) atoms. The van der Waals surface area contributed by atoms with Crippen molar-refractivity contribution < 1.29 is 9.85 Å². The van der Waals surface area contributed by atoms with Gasteiger partial charge in [-0.15, -0.1) is 0 Å². The summed E-state index contributed by atoms with van der Waals surface area (Å²) in [6.45, 7) is 0. The molecule has 0 radical (unpaired) electrons. The maximum absolute atomic E-state index is 10.6. The molecule has 0 saturated heterocycles. The molecule has 102 valence electrons. The number of rotatable bonds is 3. The molecule has 8 heteroatoms. The fourth-order valence-corrected chi connectivity index (χ4v) is 2.23. The molecule has 2 rings (SSSR count). The van der Waals surface area contributed by atoms with E-state index in [-0.39, 0.29) is 21.4 Å². The number of nitro groups is 2. The lowest BCUT2D eigenvalue weighted by Gasteiger charge is -2.06. The molecule has 0 saturated carbocycles. The Labute approximate surface area is 122 Å². The van der Waals surface area contributed by atoms with Crippen LogP contribution in [-0.2, 0) is 0 Å². The highest BCUT2D eigenvalue weighted by Gasteiger charge is 2.15. The number of hydrogen-bond donors (Lipinski definition) is 0. The summed E-state index contributed by atoms with van der Waals surface area (Å²) in [6, 6.07) is 7.89. The molecule has 0 N–H and O–H groups in total. The van der Waals surface area contributed by atoms with Crippen molar-refractivity contribution in [3.05, 3.63) is 66.7 Å². The molecule has 0 fully saturated rings. The van der Waals surface area contributed by atoms with Crippen molar-refractivity contribution in [3.63, 3.8) is 0 Å². The van der Waals surface area contributed by atoms with Crippen LogP contribution < -0.4 is 0 Å². The fourth-order valence-electron chi connectivity index (χ4n) is 1.67. The number of halogens is 2. The second kappa shape index (κ2) is 5.44. The molecule has 2 aromatic rings. The van der Waals surface area contributed by atoms with E-state index in [1.165, 1.54) is 36.4 Å². The van der Waals surface area contributed by atoms with Crippen LogP contribution in [0.25, 0.3) is 11.1 Å². The molecule has 0 amide bonds. The Morgan fingerprint density at radius 3 is 1.35 bits per heavy atom. The van der Waals surface area contributed by atoms with Crippen LogP contribution in [0.1, 0.15) is 0 Å². The predicted molar refractivity (Wildman–Crippen MR) is 75.2 cm³/mol. The standard InChI is InChI=1S/C12H6Cl2N2O4/c13-11-5-7(15(17)18)1-3-9(11)10-4-2-8(16(19)20)6-12(10)14/h1-6H. The van der Waals surface area contributed by atoms with Crippen molar-refractivity contribution in [2.24, 2.45) is 0 Å². The van der Waals surface area contributed by atoms with Crippen LogP contribution >= 0.6 is 23.2 Å². The van der Waals surface area contributed by atoms with E-state index >= 15 is 0 Å². The highest BCUT2D eigenvalue weighted by molar-refractivity contribution is 6.36. The summed E-state index contributed by atoms with van der Waals surface area (Å²) in [7, 11) is 0. The zero-order valence-electron chi connectivity index (χ0n) is 9.75. The van der Waals surface area contributed by atoms with Gasteiger partial charge in [0, 0.05) is 35.4 Å². The molecule has 0 bridgehead atoms. The minimum atomic E-state index is -0.562. The van der Waals surface area contributed by atoms with Gasteiger partial charge in [0.15, 0.2) is 0 Å². The third-order valence-corrected chi connectivity index (χ3v) is 3.24. The first-order valence-corrected chi connectivity index (χ1v) is 6.04. The monoisotopic (exact) mass is 312 g/mol. The molecule has 0 aromatic heterocycles. The van der Waals surface area contributed by atoms with E-state index < -0.39 is 9.85 Å². The van der Waals surface area contributed by atoms with Gasteiger partial charge < -0.3 is 0 Å². The van der Waals surface area contributed by atoms with Crippen molar-refractivity contribution in [2.45, 2.75) is 0 Å². The van der Waals surface area contributed by atoms with Crippen LogP contribution in [0.4, 0.5) is 11.4 Å². The first-order chi connectivity index (χ1) is 9.40. The van der Waals surface area contributed by atoms with Crippen molar-refractivity contribution in [2.75, 3.05) is 0 Å². The van der Waals surface area contributed by atoms with Crippen LogP contribution in [0, 0.1) is 20.2 Å². The highest BCUT2D eigenvalue weighted by atomic mass is 35.5. The van der Waals surface area contributed by atoms with Gasteiger partial charge in [-0.3, -0.25) is 20.2 Å². The summed E-state index contributed by atoms with van der Waals surface area (Å²) in [5.74, 6) is 0. The lowest BCUT2D eigenvalue weighted by molar-refractivity contribution is -0.385. The van der Waals surface area contributed by atoms with E-state index in [1.807, 2.05) is 0 Å². The molecule has 0 heterocycles. The Hall–Kier alpha value is -2.18. The number of nitro benzene ring substituents is 2. The lowest BCUT2D eigenvalue weighted by atomic mass is 10.0. The van der Waals surface area contributed by atoms with E-state index in [4.69, 9.17) is 23.2 Å². The van der Waals surface area contributed by atoms with Gasteiger partial charge in [-0.2, -0.15) is 0 Å². The van der Waals surface area contributed by atoms with Crippen molar-refractivity contribution in [1.29, 1.82) is 0 Å².